The summed E-state index contributed by atoms with van der Waals surface area (Å²) in [5, 5.41) is 17.1. The molecule has 3 aromatic carbocycles. The fourth-order valence-corrected chi connectivity index (χ4v) is 3.86. The normalized spacial score (nSPS) is 11.9. The van der Waals surface area contributed by atoms with E-state index in [0.29, 0.717) is 29.2 Å². The van der Waals surface area contributed by atoms with Gasteiger partial charge in [0.05, 0.1) is 28.8 Å². The summed E-state index contributed by atoms with van der Waals surface area (Å²) < 4.78 is 68.2. The topological polar surface area (TPSA) is 62.1 Å². The first-order valence-electron chi connectivity index (χ1n) is 10.6. The molecular weight excluding hydrogens is 491 g/mol. The van der Waals surface area contributed by atoms with Crippen molar-refractivity contribution in [3.05, 3.63) is 81.9 Å². The quantitative estimate of drug-likeness (QED) is 0.194. The minimum atomic E-state index is -4.48. The number of imidazole rings is 1. The molecule has 5 nitrogen and oxygen atoms in total. The molecule has 4 rings (SSSR count). The van der Waals surface area contributed by atoms with Crippen molar-refractivity contribution in [2.45, 2.75) is 26.2 Å². The first-order chi connectivity index (χ1) is 16.6. The molecule has 0 aliphatic rings. The number of aromatic hydroxyl groups is 1. The highest BCUT2D eigenvalue weighted by Crippen LogP contribution is 2.35. The third-order valence-electron chi connectivity index (χ3n) is 5.38. The number of hydrogen-bond donors (Lipinski definition) is 3. The molecular formula is C24H20ClF5N4O. The van der Waals surface area contributed by atoms with E-state index in [1.54, 1.807) is 6.07 Å². The summed E-state index contributed by atoms with van der Waals surface area (Å²) in [5.41, 5.74) is 0.710. The summed E-state index contributed by atoms with van der Waals surface area (Å²) in [5.74, 6) is -2.18. The third-order valence-corrected chi connectivity index (χ3v) is 5.60. The second kappa shape index (κ2) is 9.71. The summed E-state index contributed by atoms with van der Waals surface area (Å²) in [6, 6.07) is 9.42. The van der Waals surface area contributed by atoms with Gasteiger partial charge in [0, 0.05) is 29.3 Å². The number of phenolic OH excluding ortho intramolecular Hbond substituents is 1. The van der Waals surface area contributed by atoms with Crippen molar-refractivity contribution in [3.8, 4) is 5.75 Å². The fraction of sp³-hybridized carbons (Fsp3) is 0.208. The van der Waals surface area contributed by atoms with Gasteiger partial charge in [0.15, 0.2) is 11.6 Å². The van der Waals surface area contributed by atoms with Crippen LogP contribution in [-0.2, 0) is 19.3 Å². The number of aromatic nitrogens is 2. The molecule has 0 saturated carbocycles. The van der Waals surface area contributed by atoms with Gasteiger partial charge < -0.3 is 20.3 Å². The molecule has 1 aromatic heterocycles. The first-order valence-corrected chi connectivity index (χ1v) is 10.9. The Morgan fingerprint density at radius 3 is 2.37 bits per heavy atom. The Labute approximate surface area is 202 Å². The molecule has 1 heterocycles. The second-order valence-corrected chi connectivity index (χ2v) is 8.27. The van der Waals surface area contributed by atoms with E-state index in [0.717, 1.165) is 24.3 Å². The van der Waals surface area contributed by atoms with Crippen LogP contribution in [-0.4, -0.2) is 21.2 Å². The molecule has 4 aromatic rings. The number of rotatable bonds is 7. The maximum Gasteiger partial charge on any atom is 0.416 e. The molecule has 184 valence electrons. The predicted molar refractivity (Wildman–Crippen MR) is 124 cm³/mol. The predicted octanol–water partition coefficient (Wildman–Crippen LogP) is 6.59. The van der Waals surface area contributed by atoms with Crippen LogP contribution < -0.4 is 10.6 Å². The molecule has 11 heteroatoms. The average molecular weight is 511 g/mol. The van der Waals surface area contributed by atoms with Crippen molar-refractivity contribution in [2.75, 3.05) is 11.9 Å². The lowest BCUT2D eigenvalue weighted by Gasteiger charge is -2.15. The van der Waals surface area contributed by atoms with Crippen LogP contribution in [0, 0.1) is 11.6 Å². The summed E-state index contributed by atoms with van der Waals surface area (Å²) in [7, 11) is 0. The van der Waals surface area contributed by atoms with Crippen molar-refractivity contribution in [1.29, 1.82) is 0 Å². The van der Waals surface area contributed by atoms with Gasteiger partial charge in [-0.3, -0.25) is 0 Å². The number of benzene rings is 3. The van der Waals surface area contributed by atoms with E-state index in [4.69, 9.17) is 11.6 Å². The van der Waals surface area contributed by atoms with Crippen LogP contribution in [0.1, 0.15) is 23.6 Å². The van der Waals surface area contributed by atoms with Crippen LogP contribution in [0.25, 0.3) is 11.0 Å². The number of alkyl halides is 3. The summed E-state index contributed by atoms with van der Waals surface area (Å²) in [4.78, 5) is 4.32. The standard InChI is InChI=1S/C24H20ClF5N4O/c1-2-31-11-14-7-16(25)8-20(22(14)35)33-23-32-19-9-17(26)18(27)10-21(19)34(23)12-13-3-5-15(6-4-13)24(28,29)30/h3-10,31,35H,2,11-12H2,1H3,(H,32,33). The van der Waals surface area contributed by atoms with Crippen molar-refractivity contribution in [1.82, 2.24) is 14.9 Å². The highest BCUT2D eigenvalue weighted by Gasteiger charge is 2.30. The Bertz CT molecular complexity index is 1370. The SMILES string of the molecule is CCNCc1cc(Cl)cc(Nc2nc3cc(F)c(F)cc3n2Cc2ccc(C(F)(F)F)cc2)c1O. The van der Waals surface area contributed by atoms with E-state index in [2.05, 4.69) is 15.6 Å². The van der Waals surface area contributed by atoms with E-state index < -0.39 is 23.4 Å². The van der Waals surface area contributed by atoms with Gasteiger partial charge in [0.1, 0.15) is 5.75 Å². The van der Waals surface area contributed by atoms with Gasteiger partial charge >= 0.3 is 6.18 Å². The van der Waals surface area contributed by atoms with E-state index >= 15 is 0 Å². The maximum absolute atomic E-state index is 14.1. The highest BCUT2D eigenvalue weighted by atomic mass is 35.5. The lowest BCUT2D eigenvalue weighted by Crippen LogP contribution is -2.12. The van der Waals surface area contributed by atoms with Crippen LogP contribution in [0.4, 0.5) is 33.6 Å². The molecule has 0 bridgehead atoms. The van der Waals surface area contributed by atoms with Crippen LogP contribution in [0.15, 0.2) is 48.5 Å². The molecule has 0 aliphatic heterocycles. The van der Waals surface area contributed by atoms with Crippen LogP contribution in [0.5, 0.6) is 5.75 Å². The summed E-state index contributed by atoms with van der Waals surface area (Å²) >= 11 is 6.21. The van der Waals surface area contributed by atoms with E-state index in [1.165, 1.54) is 22.8 Å². The largest absolute Gasteiger partial charge is 0.505 e. The number of anilines is 2. The molecule has 0 atom stereocenters. The Balaban J connectivity index is 1.77. The summed E-state index contributed by atoms with van der Waals surface area (Å²) in [6.45, 7) is 2.90. The number of halogens is 6. The third kappa shape index (κ3) is 5.33. The van der Waals surface area contributed by atoms with Crippen molar-refractivity contribution in [2.24, 2.45) is 0 Å². The zero-order chi connectivity index (χ0) is 25.3. The molecule has 0 radical (unpaired) electrons. The first kappa shape index (κ1) is 24.7. The van der Waals surface area contributed by atoms with Gasteiger partial charge in [-0.15, -0.1) is 0 Å². The van der Waals surface area contributed by atoms with Crippen LogP contribution in [0.3, 0.4) is 0 Å². The van der Waals surface area contributed by atoms with Gasteiger partial charge in [-0.25, -0.2) is 13.8 Å². The fourth-order valence-electron chi connectivity index (χ4n) is 3.62. The van der Waals surface area contributed by atoms with Crippen molar-refractivity contribution >= 4 is 34.3 Å². The molecule has 3 N–H and O–H groups in total. The Morgan fingerprint density at radius 2 is 1.71 bits per heavy atom. The molecule has 0 aliphatic carbocycles. The van der Waals surface area contributed by atoms with Crippen LogP contribution >= 0.6 is 11.6 Å². The molecule has 0 unspecified atom stereocenters. The molecule has 35 heavy (non-hydrogen) atoms. The second-order valence-electron chi connectivity index (χ2n) is 7.84. The smallest absolute Gasteiger partial charge is 0.416 e. The van der Waals surface area contributed by atoms with Gasteiger partial charge in [0.25, 0.3) is 0 Å². The number of nitrogens with one attached hydrogen (secondary N) is 2. The van der Waals surface area contributed by atoms with Crippen molar-refractivity contribution in [3.63, 3.8) is 0 Å². The lowest BCUT2D eigenvalue weighted by molar-refractivity contribution is -0.137. The maximum atomic E-state index is 14.1. The van der Waals surface area contributed by atoms with Gasteiger partial charge in [-0.2, -0.15) is 13.2 Å². The molecule has 0 spiro atoms. The molecule has 0 fully saturated rings. The minimum absolute atomic E-state index is 0.00633. The Morgan fingerprint density at radius 1 is 1.03 bits per heavy atom. The van der Waals surface area contributed by atoms with Gasteiger partial charge in [-0.05, 0) is 36.4 Å². The van der Waals surface area contributed by atoms with E-state index in [9.17, 15) is 27.1 Å². The monoisotopic (exact) mass is 510 g/mol. The Hall–Kier alpha value is -3.37. The highest BCUT2D eigenvalue weighted by molar-refractivity contribution is 6.31. The number of hydrogen-bond acceptors (Lipinski definition) is 4. The average Bonchev–Trinajstić information content (AvgIpc) is 3.10. The number of nitrogens with zero attached hydrogens (tertiary/aromatic N) is 2. The van der Waals surface area contributed by atoms with E-state index in [-0.39, 0.29) is 35.0 Å². The lowest BCUT2D eigenvalue weighted by atomic mass is 10.1. The summed E-state index contributed by atoms with van der Waals surface area (Å²) in [6.07, 6.45) is -4.48. The van der Waals surface area contributed by atoms with E-state index in [1.807, 2.05) is 6.92 Å². The number of phenols is 1. The number of fused-ring (bicyclic) bond motifs is 1. The zero-order valence-corrected chi connectivity index (χ0v) is 19.1. The van der Waals surface area contributed by atoms with Gasteiger partial charge in [0.2, 0.25) is 5.95 Å². The van der Waals surface area contributed by atoms with Crippen LogP contribution in [0.2, 0.25) is 5.02 Å². The Kier molecular flexibility index (Phi) is 6.86. The van der Waals surface area contributed by atoms with Crippen molar-refractivity contribution < 1.29 is 27.1 Å². The van der Waals surface area contributed by atoms with Gasteiger partial charge in [-0.1, -0.05) is 30.7 Å². The molecule has 0 saturated heterocycles. The molecule has 0 amide bonds. The zero-order valence-electron chi connectivity index (χ0n) is 18.3. The minimum Gasteiger partial charge on any atom is -0.505 e.